The number of anilines is 4. The molecule has 9 nitrogen and oxygen atoms in total. The van der Waals surface area contributed by atoms with Gasteiger partial charge in [0.25, 0.3) is 17.7 Å². The smallest absolute Gasteiger partial charge is 0.268 e. The van der Waals surface area contributed by atoms with E-state index in [9.17, 15) is 18.8 Å². The first kappa shape index (κ1) is 33.7. The number of carbonyl (C=O) groups is 3. The topological polar surface area (TPSA) is 104 Å². The number of pyridine rings is 1. The van der Waals surface area contributed by atoms with Crippen molar-refractivity contribution in [2.75, 3.05) is 53.3 Å². The number of hydrogen-bond acceptors (Lipinski definition) is 7. The van der Waals surface area contributed by atoms with Crippen molar-refractivity contribution in [3.05, 3.63) is 124 Å². The van der Waals surface area contributed by atoms with Gasteiger partial charge in [0.2, 0.25) is 0 Å². The van der Waals surface area contributed by atoms with Crippen LogP contribution in [0.3, 0.4) is 0 Å². The highest BCUT2D eigenvalue weighted by atomic mass is 32.1. The third-order valence-electron chi connectivity index (χ3n) is 10.1. The van der Waals surface area contributed by atoms with E-state index < -0.39 is 17.5 Å². The Morgan fingerprint density at radius 3 is 2.40 bits per heavy atom. The van der Waals surface area contributed by atoms with Crippen molar-refractivity contribution >= 4 is 51.9 Å². The first-order valence-corrected chi connectivity index (χ1v) is 18.0. The van der Waals surface area contributed by atoms with Gasteiger partial charge in [-0.25, -0.2) is 13.8 Å². The Labute approximate surface area is 303 Å². The fourth-order valence-electron chi connectivity index (χ4n) is 7.30. The Balaban J connectivity index is 0.989. The Kier molecular flexibility index (Phi) is 8.80. The molecule has 1 spiro atoms. The second-order valence-electron chi connectivity index (χ2n) is 13.6. The molecule has 0 saturated carbocycles. The molecule has 0 unspecified atom stereocenters. The van der Waals surface area contributed by atoms with E-state index in [1.165, 1.54) is 18.2 Å². The van der Waals surface area contributed by atoms with Crippen molar-refractivity contribution < 1.29 is 27.9 Å². The van der Waals surface area contributed by atoms with Crippen LogP contribution in [0.25, 0.3) is 10.4 Å². The normalized spacial score (nSPS) is 16.0. The molecule has 0 bridgehead atoms. The van der Waals surface area contributed by atoms with E-state index in [1.54, 1.807) is 65.7 Å². The van der Waals surface area contributed by atoms with Crippen LogP contribution in [0, 0.1) is 24.0 Å². The number of nitrogens with zero attached hydrogens (tertiary/aromatic N) is 3. The summed E-state index contributed by atoms with van der Waals surface area (Å²) in [5.41, 5.74) is 4.01. The molecule has 2 saturated heterocycles. The molecule has 8 rings (SSSR count). The number of benzene rings is 3. The van der Waals surface area contributed by atoms with Gasteiger partial charge in [-0.3, -0.25) is 14.4 Å². The van der Waals surface area contributed by atoms with Gasteiger partial charge >= 0.3 is 0 Å². The number of aryl methyl sites for hydroxylation is 1. The average Bonchev–Trinajstić information content (AvgIpc) is 3.38. The quantitative estimate of drug-likeness (QED) is 0.186. The number of amides is 3. The Bertz CT molecular complexity index is 2210. The summed E-state index contributed by atoms with van der Waals surface area (Å²) >= 11 is 0.981. The van der Waals surface area contributed by atoms with Gasteiger partial charge in [0.1, 0.15) is 16.5 Å². The molecule has 3 aromatic carbocycles. The van der Waals surface area contributed by atoms with E-state index in [-0.39, 0.29) is 40.8 Å². The van der Waals surface area contributed by atoms with Gasteiger partial charge in [0.05, 0.1) is 16.9 Å². The monoisotopic (exact) mass is 719 g/mol. The van der Waals surface area contributed by atoms with E-state index in [4.69, 9.17) is 4.74 Å². The predicted octanol–water partition coefficient (Wildman–Crippen LogP) is 7.72. The fourth-order valence-corrected chi connectivity index (χ4v) is 8.45. The highest BCUT2D eigenvalue weighted by molar-refractivity contribution is 7.17. The molecule has 52 heavy (non-hydrogen) atoms. The lowest BCUT2D eigenvalue weighted by Gasteiger charge is -2.53. The molecule has 0 radical (unpaired) electrons. The average molecular weight is 720 g/mol. The van der Waals surface area contributed by atoms with Crippen molar-refractivity contribution in [1.82, 2.24) is 4.98 Å². The van der Waals surface area contributed by atoms with Crippen LogP contribution in [0.5, 0.6) is 0 Å². The van der Waals surface area contributed by atoms with Crippen LogP contribution in [-0.2, 0) is 11.2 Å². The molecule has 2 aromatic heterocycles. The Morgan fingerprint density at radius 2 is 1.63 bits per heavy atom. The molecule has 3 aliphatic rings. The van der Waals surface area contributed by atoms with E-state index in [0.717, 1.165) is 56.0 Å². The molecule has 2 fully saturated rings. The van der Waals surface area contributed by atoms with Crippen LogP contribution in [0.4, 0.5) is 31.7 Å². The van der Waals surface area contributed by atoms with Gasteiger partial charge < -0.3 is 25.2 Å². The van der Waals surface area contributed by atoms with Crippen LogP contribution in [0.15, 0.2) is 85.1 Å². The maximum Gasteiger partial charge on any atom is 0.268 e. The van der Waals surface area contributed by atoms with E-state index >= 15 is 4.39 Å². The van der Waals surface area contributed by atoms with Crippen molar-refractivity contribution in [1.29, 1.82) is 0 Å². The molecule has 12 heteroatoms. The second kappa shape index (κ2) is 13.6. The third kappa shape index (κ3) is 6.22. The van der Waals surface area contributed by atoms with E-state index in [0.29, 0.717) is 44.3 Å². The summed E-state index contributed by atoms with van der Waals surface area (Å²) in [5.74, 6) is -1.94. The number of carbonyl (C=O) groups excluding carboxylic acids is 3. The summed E-state index contributed by atoms with van der Waals surface area (Å²) < 4.78 is 35.6. The summed E-state index contributed by atoms with van der Waals surface area (Å²) in [5, 5.41) is 5.45. The lowest BCUT2D eigenvalue weighted by Crippen LogP contribution is -2.59. The maximum atomic E-state index is 15.9. The summed E-state index contributed by atoms with van der Waals surface area (Å²) in [6.45, 7) is 5.28. The molecule has 5 aromatic rings. The zero-order chi connectivity index (χ0) is 36.0. The second-order valence-corrected chi connectivity index (χ2v) is 14.6. The SMILES string of the molecule is Cc1cnc(N2CC3(CCOCC3)C2)c(C(=O)Nc2ccc(C(=O)N3CCc4c(sc(C(=O)Nc5ccccc5F)c4F)-c4ccccc43)cc2)c1. The van der Waals surface area contributed by atoms with Crippen molar-refractivity contribution in [3.8, 4) is 10.4 Å². The minimum absolute atomic E-state index is 0.0366. The first-order chi connectivity index (χ1) is 25.2. The Hall–Kier alpha value is -5.46. The molecule has 264 valence electrons. The molecule has 3 aliphatic heterocycles. The molecule has 0 aliphatic carbocycles. The largest absolute Gasteiger partial charge is 0.381 e. The zero-order valence-corrected chi connectivity index (χ0v) is 29.2. The number of rotatable bonds is 6. The minimum atomic E-state index is -0.739. The van der Waals surface area contributed by atoms with Gasteiger partial charge in [-0.05, 0) is 80.3 Å². The number of nitrogens with one attached hydrogen (secondary N) is 2. The summed E-state index contributed by atoms with van der Waals surface area (Å²) in [7, 11) is 0. The third-order valence-corrected chi connectivity index (χ3v) is 11.3. The minimum Gasteiger partial charge on any atom is -0.381 e. The van der Waals surface area contributed by atoms with Crippen LogP contribution in [0.2, 0.25) is 0 Å². The molecule has 3 amide bonds. The van der Waals surface area contributed by atoms with Crippen molar-refractivity contribution in [2.45, 2.75) is 26.2 Å². The number of hydrogen-bond donors (Lipinski definition) is 2. The van der Waals surface area contributed by atoms with Gasteiger partial charge in [0.15, 0.2) is 5.82 Å². The summed E-state index contributed by atoms with van der Waals surface area (Å²) in [4.78, 5) is 49.4. The van der Waals surface area contributed by atoms with Crippen LogP contribution in [0.1, 0.15) is 54.4 Å². The van der Waals surface area contributed by atoms with Gasteiger partial charge in [0, 0.05) is 71.7 Å². The van der Waals surface area contributed by atoms with Gasteiger partial charge in [-0.2, -0.15) is 0 Å². The zero-order valence-electron chi connectivity index (χ0n) is 28.4. The highest BCUT2D eigenvalue weighted by Gasteiger charge is 2.45. The predicted molar refractivity (Wildman–Crippen MR) is 198 cm³/mol. The first-order valence-electron chi connectivity index (χ1n) is 17.2. The number of para-hydroxylation sites is 2. The summed E-state index contributed by atoms with van der Waals surface area (Å²) in [6.07, 6.45) is 3.96. The fraction of sp³-hybridized carbons (Fsp3) is 0.250. The summed E-state index contributed by atoms with van der Waals surface area (Å²) in [6, 6.07) is 21.5. The lowest BCUT2D eigenvalue weighted by atomic mass is 9.73. The molecule has 0 atom stereocenters. The number of thiophene rings is 1. The highest BCUT2D eigenvalue weighted by Crippen LogP contribution is 2.44. The van der Waals surface area contributed by atoms with Crippen molar-refractivity contribution in [2.24, 2.45) is 5.41 Å². The van der Waals surface area contributed by atoms with E-state index in [2.05, 4.69) is 20.5 Å². The number of aromatic nitrogens is 1. The number of halogens is 2. The number of ether oxygens (including phenoxy) is 1. The molecule has 5 heterocycles. The number of fused-ring (bicyclic) bond motifs is 3. The maximum absolute atomic E-state index is 15.9. The standard InChI is InChI=1S/C40H35F2N5O4S/c1-24-20-29(36(43-21-24)46-22-40(23-46)15-18-51-19-16-40)37(48)44-26-12-10-25(11-13-26)39(50)47-17-14-28-33(42)35(38(49)45-31-8-4-3-7-30(31)41)52-34(28)27-6-2-5-9-32(27)47/h2-13,20-21H,14-19,22-23H2,1H3,(H,44,48)(H,45,49). The van der Waals surface area contributed by atoms with Gasteiger partial charge in [-0.15, -0.1) is 11.3 Å². The molecule has 2 N–H and O–H groups in total. The van der Waals surface area contributed by atoms with Gasteiger partial charge in [-0.1, -0.05) is 30.3 Å². The van der Waals surface area contributed by atoms with Crippen molar-refractivity contribution in [3.63, 3.8) is 0 Å². The van der Waals surface area contributed by atoms with Crippen LogP contribution >= 0.6 is 11.3 Å². The van der Waals surface area contributed by atoms with E-state index in [1.807, 2.05) is 13.0 Å². The Morgan fingerprint density at radius 1 is 0.904 bits per heavy atom. The van der Waals surface area contributed by atoms with Crippen LogP contribution < -0.4 is 20.4 Å². The van der Waals surface area contributed by atoms with Crippen LogP contribution in [-0.4, -0.2) is 55.6 Å². The molecular formula is C40H35F2N5O4S. The molecular weight excluding hydrogens is 685 g/mol. The lowest BCUT2D eigenvalue weighted by molar-refractivity contribution is -0.000511.